The Morgan fingerprint density at radius 2 is 1.88 bits per heavy atom. The summed E-state index contributed by atoms with van der Waals surface area (Å²) in [5, 5.41) is 0. The lowest BCUT2D eigenvalue weighted by Gasteiger charge is -2.32. The predicted molar refractivity (Wildman–Crippen MR) is 91.8 cm³/mol. The van der Waals surface area contributed by atoms with Gasteiger partial charge in [-0.2, -0.15) is 0 Å². The average molecular weight is 333 g/mol. The van der Waals surface area contributed by atoms with Crippen molar-refractivity contribution in [2.45, 2.75) is 52.2 Å². The van der Waals surface area contributed by atoms with Gasteiger partial charge in [0, 0.05) is 13.1 Å². The molecule has 0 aliphatic carbocycles. The molecule has 2 aliphatic heterocycles. The molecule has 130 valence electrons. The summed E-state index contributed by atoms with van der Waals surface area (Å²) in [6.45, 7) is 11.3. The molecule has 0 bridgehead atoms. The fraction of sp³-hybridized carbons (Fsp3) is 0.611. The maximum absolute atomic E-state index is 14.5. The van der Waals surface area contributed by atoms with Crippen molar-refractivity contribution >= 4 is 18.5 Å². The van der Waals surface area contributed by atoms with Crippen LogP contribution in [0.1, 0.15) is 51.4 Å². The number of hydrogen-bond donors (Lipinski definition) is 0. The van der Waals surface area contributed by atoms with Gasteiger partial charge in [0.15, 0.2) is 0 Å². The first-order chi connectivity index (χ1) is 11.1. The van der Waals surface area contributed by atoms with Crippen LogP contribution in [0.4, 0.5) is 4.39 Å². The molecule has 0 aromatic heterocycles. The fourth-order valence-corrected chi connectivity index (χ4v) is 3.12. The minimum atomic E-state index is -0.625. The normalized spacial score (nSPS) is 25.3. The van der Waals surface area contributed by atoms with E-state index < -0.39 is 24.1 Å². The van der Waals surface area contributed by atoms with Crippen molar-refractivity contribution in [3.63, 3.8) is 0 Å². The molecule has 2 aliphatic rings. The maximum atomic E-state index is 14.5. The topological polar surface area (TPSA) is 38.8 Å². The molecule has 3 rings (SSSR count). The second kappa shape index (κ2) is 5.85. The van der Waals surface area contributed by atoms with Crippen molar-refractivity contribution in [3.05, 3.63) is 29.6 Å². The van der Waals surface area contributed by atoms with E-state index in [-0.39, 0.29) is 11.5 Å². The van der Waals surface area contributed by atoms with Gasteiger partial charge < -0.3 is 14.2 Å². The molecule has 2 fully saturated rings. The minimum Gasteiger partial charge on any atom is -0.399 e. The van der Waals surface area contributed by atoms with Gasteiger partial charge >= 0.3 is 7.12 Å². The molecule has 0 spiro atoms. The number of hydrogen-bond acceptors (Lipinski definition) is 3. The molecule has 2 saturated heterocycles. The van der Waals surface area contributed by atoms with Crippen LogP contribution in [0.3, 0.4) is 0 Å². The van der Waals surface area contributed by atoms with Crippen molar-refractivity contribution in [2.24, 2.45) is 5.92 Å². The van der Waals surface area contributed by atoms with Crippen LogP contribution >= 0.6 is 0 Å². The first-order valence-corrected chi connectivity index (χ1v) is 8.55. The zero-order valence-electron chi connectivity index (χ0n) is 15.1. The highest BCUT2D eigenvalue weighted by atomic mass is 19.1. The van der Waals surface area contributed by atoms with Crippen LogP contribution in [-0.2, 0) is 9.31 Å². The van der Waals surface area contributed by atoms with Crippen LogP contribution in [-0.4, -0.2) is 42.2 Å². The van der Waals surface area contributed by atoms with E-state index in [0.717, 1.165) is 6.42 Å². The van der Waals surface area contributed by atoms with Gasteiger partial charge in [0.05, 0.1) is 16.8 Å². The van der Waals surface area contributed by atoms with E-state index in [1.165, 1.54) is 6.07 Å². The van der Waals surface area contributed by atoms with E-state index in [4.69, 9.17) is 9.31 Å². The number of nitrogens with zero attached hydrogens (tertiary/aromatic N) is 1. The molecule has 1 unspecified atom stereocenters. The zero-order valence-corrected chi connectivity index (χ0v) is 15.1. The summed E-state index contributed by atoms with van der Waals surface area (Å²) in [6.07, 6.45) is 0.972. The average Bonchev–Trinajstić information content (AvgIpc) is 3.00. The smallest absolute Gasteiger partial charge is 0.399 e. The summed E-state index contributed by atoms with van der Waals surface area (Å²) in [5.74, 6) is -0.287. The third kappa shape index (κ3) is 2.97. The van der Waals surface area contributed by atoms with Crippen molar-refractivity contribution in [3.8, 4) is 0 Å². The molecule has 0 saturated carbocycles. The lowest BCUT2D eigenvalue weighted by atomic mass is 9.78. The van der Waals surface area contributed by atoms with E-state index in [2.05, 4.69) is 6.92 Å². The van der Waals surface area contributed by atoms with Crippen molar-refractivity contribution < 1.29 is 18.5 Å². The van der Waals surface area contributed by atoms with E-state index in [1.807, 2.05) is 27.7 Å². The van der Waals surface area contributed by atoms with Crippen LogP contribution in [0.25, 0.3) is 0 Å². The Labute approximate surface area is 143 Å². The number of likely N-dealkylation sites (tertiary alicyclic amines) is 1. The van der Waals surface area contributed by atoms with Gasteiger partial charge in [0.2, 0.25) is 0 Å². The molecule has 24 heavy (non-hydrogen) atoms. The molecule has 6 heteroatoms. The molecule has 0 radical (unpaired) electrons. The van der Waals surface area contributed by atoms with Gasteiger partial charge in [0.1, 0.15) is 5.82 Å². The van der Waals surface area contributed by atoms with Crippen LogP contribution < -0.4 is 5.46 Å². The quantitative estimate of drug-likeness (QED) is 0.781. The molecular formula is C18H25BFNO3. The monoisotopic (exact) mass is 333 g/mol. The molecule has 1 aromatic carbocycles. The lowest BCUT2D eigenvalue weighted by Crippen LogP contribution is -2.41. The number of halogens is 1. The minimum absolute atomic E-state index is 0.115. The number of amides is 1. The third-order valence-corrected chi connectivity index (χ3v) is 5.46. The Morgan fingerprint density at radius 1 is 1.25 bits per heavy atom. The van der Waals surface area contributed by atoms with Gasteiger partial charge in [-0.1, -0.05) is 13.0 Å². The van der Waals surface area contributed by atoms with Crippen LogP contribution in [0.15, 0.2) is 18.2 Å². The molecular weight excluding hydrogens is 308 g/mol. The van der Waals surface area contributed by atoms with Crippen LogP contribution in [0.2, 0.25) is 0 Å². The molecule has 1 amide bonds. The SMILES string of the molecule is CC1CCN(C(=O)c2ccc(B3OC(C)(C)C(C)(C)O3)cc2F)C1. The van der Waals surface area contributed by atoms with Gasteiger partial charge in [0.25, 0.3) is 5.91 Å². The summed E-state index contributed by atoms with van der Waals surface area (Å²) in [7, 11) is -0.625. The second-order valence-corrected chi connectivity index (χ2v) is 7.97. The molecule has 0 N–H and O–H groups in total. The summed E-state index contributed by atoms with van der Waals surface area (Å²) in [6, 6.07) is 4.62. The lowest BCUT2D eigenvalue weighted by molar-refractivity contribution is 0.00578. The Bertz CT molecular complexity index is 646. The highest BCUT2D eigenvalue weighted by molar-refractivity contribution is 6.62. The molecule has 4 nitrogen and oxygen atoms in total. The van der Waals surface area contributed by atoms with Gasteiger partial charge in [-0.05, 0) is 57.6 Å². The molecule has 1 atom stereocenters. The fourth-order valence-electron chi connectivity index (χ4n) is 3.12. The highest BCUT2D eigenvalue weighted by Gasteiger charge is 2.51. The Kier molecular flexibility index (Phi) is 4.25. The van der Waals surface area contributed by atoms with E-state index >= 15 is 0 Å². The number of benzene rings is 1. The van der Waals surface area contributed by atoms with Gasteiger partial charge in [-0.25, -0.2) is 4.39 Å². The standard InChI is InChI=1S/C18H25BFNO3/c1-12-8-9-21(11-12)16(22)14-7-6-13(10-15(14)20)19-23-17(2,3)18(4,5)24-19/h6-7,10,12H,8-9,11H2,1-5H3. The summed E-state index contributed by atoms with van der Waals surface area (Å²) in [5.41, 5.74) is -0.246. The maximum Gasteiger partial charge on any atom is 0.494 e. The van der Waals surface area contributed by atoms with Crippen molar-refractivity contribution in [2.75, 3.05) is 13.1 Å². The molecule has 2 heterocycles. The van der Waals surface area contributed by atoms with Crippen molar-refractivity contribution in [1.82, 2.24) is 4.90 Å². The number of rotatable bonds is 2. The van der Waals surface area contributed by atoms with Gasteiger partial charge in [-0.3, -0.25) is 4.79 Å². The van der Waals surface area contributed by atoms with E-state index in [0.29, 0.717) is 24.5 Å². The van der Waals surface area contributed by atoms with Crippen LogP contribution in [0.5, 0.6) is 0 Å². The second-order valence-electron chi connectivity index (χ2n) is 7.97. The summed E-state index contributed by atoms with van der Waals surface area (Å²) >= 11 is 0. The largest absolute Gasteiger partial charge is 0.494 e. The molecule has 1 aromatic rings. The summed E-state index contributed by atoms with van der Waals surface area (Å²) < 4.78 is 26.4. The summed E-state index contributed by atoms with van der Waals surface area (Å²) in [4.78, 5) is 14.2. The first kappa shape index (κ1) is 17.4. The zero-order chi connectivity index (χ0) is 17.7. The highest BCUT2D eigenvalue weighted by Crippen LogP contribution is 2.36. The Hall–Kier alpha value is -1.40. The third-order valence-electron chi connectivity index (χ3n) is 5.46. The van der Waals surface area contributed by atoms with Gasteiger partial charge in [-0.15, -0.1) is 0 Å². The number of carbonyl (C=O) groups is 1. The van der Waals surface area contributed by atoms with Crippen LogP contribution in [0, 0.1) is 11.7 Å². The first-order valence-electron chi connectivity index (χ1n) is 8.55. The van der Waals surface area contributed by atoms with E-state index in [9.17, 15) is 9.18 Å². The Morgan fingerprint density at radius 3 is 2.38 bits per heavy atom. The number of carbonyl (C=O) groups excluding carboxylic acids is 1. The van der Waals surface area contributed by atoms with E-state index in [1.54, 1.807) is 17.0 Å². The predicted octanol–water partition coefficient (Wildman–Crippen LogP) is 2.61. The Balaban J connectivity index is 1.80. The van der Waals surface area contributed by atoms with Crippen molar-refractivity contribution in [1.29, 1.82) is 0 Å².